The van der Waals surface area contributed by atoms with E-state index in [-0.39, 0.29) is 61.6 Å². The summed E-state index contributed by atoms with van der Waals surface area (Å²) in [5.41, 5.74) is 48.6. The van der Waals surface area contributed by atoms with Crippen molar-refractivity contribution >= 4 is 35.8 Å². The average molecular weight is 1750 g/mol. The van der Waals surface area contributed by atoms with Crippen molar-refractivity contribution in [1.82, 2.24) is 29.9 Å². The highest BCUT2D eigenvalue weighted by atomic mass is 35.5. The zero-order valence-corrected chi connectivity index (χ0v) is 80.0. The Kier molecular flexibility index (Phi) is 18.7. The molecule has 1 aliphatic heterocycles. The molecule has 10 aromatic carbocycles. The van der Waals surface area contributed by atoms with Gasteiger partial charge in [0.1, 0.15) is 10.3 Å². The second-order valence-electron chi connectivity index (χ2n) is 42.6. The Balaban J connectivity index is 0.000000109. The van der Waals surface area contributed by atoms with E-state index in [1.807, 2.05) is 24.3 Å². The summed E-state index contributed by atoms with van der Waals surface area (Å²) in [6.45, 7) is 45.2. The van der Waals surface area contributed by atoms with Crippen molar-refractivity contribution in [2.45, 2.75) is 193 Å². The topological polar surface area (TPSA) is 95.8 Å². The monoisotopic (exact) mass is 1740 g/mol. The molecule has 0 spiro atoms. The second-order valence-corrected chi connectivity index (χ2v) is 43.4. The van der Waals surface area contributed by atoms with Crippen LogP contribution in [-0.4, -0.2) is 48.2 Å². The number of fused-ring (bicyclic) bond motifs is 24. The van der Waals surface area contributed by atoms with E-state index in [4.69, 9.17) is 52.4 Å². The van der Waals surface area contributed by atoms with Gasteiger partial charge in [0.05, 0.1) is 68.1 Å². The van der Waals surface area contributed by atoms with E-state index in [9.17, 15) is 0 Å². The van der Waals surface area contributed by atoms with Crippen LogP contribution in [0.4, 0.5) is 0 Å². The molecule has 646 valence electrons. The molecular formula is C120H107BCl2N6O2. The van der Waals surface area contributed by atoms with Crippen LogP contribution in [0.5, 0.6) is 0 Å². The number of pyridine rings is 6. The van der Waals surface area contributed by atoms with Gasteiger partial charge in [-0.3, -0.25) is 0 Å². The van der Waals surface area contributed by atoms with Gasteiger partial charge in [0.15, 0.2) is 0 Å². The van der Waals surface area contributed by atoms with Crippen molar-refractivity contribution < 1.29 is 9.31 Å². The molecule has 25 rings (SSSR count). The fourth-order valence-electron chi connectivity index (χ4n) is 23.2. The summed E-state index contributed by atoms with van der Waals surface area (Å²) in [7, 11) is -0.306. The van der Waals surface area contributed by atoms with Crippen LogP contribution < -0.4 is 5.46 Å². The fourth-order valence-corrected chi connectivity index (χ4v) is 23.5. The Bertz CT molecular complexity index is 6900. The molecule has 8 aliphatic carbocycles. The van der Waals surface area contributed by atoms with Crippen molar-refractivity contribution in [2.75, 3.05) is 0 Å². The minimum absolute atomic E-state index is 0.00553. The molecule has 16 aromatic rings. The first-order chi connectivity index (χ1) is 62.3. The van der Waals surface area contributed by atoms with Crippen LogP contribution in [0.2, 0.25) is 10.3 Å². The smallest absolute Gasteiger partial charge is 0.399 e. The van der Waals surface area contributed by atoms with E-state index >= 15 is 0 Å². The summed E-state index contributed by atoms with van der Waals surface area (Å²) >= 11 is 11.9. The Morgan fingerprint density at radius 3 is 0.641 bits per heavy atom. The predicted molar refractivity (Wildman–Crippen MR) is 541 cm³/mol. The Morgan fingerprint density at radius 2 is 0.389 bits per heavy atom. The lowest BCUT2D eigenvalue weighted by atomic mass is 9.74. The zero-order chi connectivity index (χ0) is 91.3. The third-order valence-electron chi connectivity index (χ3n) is 31.7. The molecule has 7 heterocycles. The first-order valence-electron chi connectivity index (χ1n) is 46.3. The van der Waals surface area contributed by atoms with Gasteiger partial charge in [0, 0.05) is 65.6 Å². The second kappa shape index (κ2) is 29.1. The number of hydrogen-bond donors (Lipinski definition) is 0. The van der Waals surface area contributed by atoms with Gasteiger partial charge in [0.2, 0.25) is 0 Å². The molecule has 9 aliphatic rings. The fraction of sp³-hybridized carbons (Fsp3) is 0.250. The van der Waals surface area contributed by atoms with Crippen molar-refractivity contribution in [3.8, 4) is 135 Å². The van der Waals surface area contributed by atoms with Crippen LogP contribution in [0.25, 0.3) is 135 Å². The third kappa shape index (κ3) is 12.7. The normalized spacial score (nSPS) is 17.6. The highest BCUT2D eigenvalue weighted by Gasteiger charge is 2.53. The number of hydrogen-bond acceptors (Lipinski definition) is 8. The summed E-state index contributed by atoms with van der Waals surface area (Å²) in [4.78, 5) is 30.2. The SMILES string of the molecule is CC1(C)c2ccc(Cl)nc2-c2nc(Cl)ccc21.CC1(C)c2ccccc2-c2ccc(-c3ccc4c(n3)-c3nc(-c5ccc6c(c5)C(C)(C)c5ccccc5-6)ccc3C4(C)C)cc21.CC1(C)c2ccccc2-c2ccc(-c3ccc4c(n3)-c3nc(-c5ccc6c(c5)C(C)(C)c5ccccc5-6)ccc3C4(C)C)cc21.CC1(C)c2ccccc2-c2ccc(B3OC(C)(C)C(C)(C)O3)cc21. The molecule has 0 bridgehead atoms. The summed E-state index contributed by atoms with van der Waals surface area (Å²) in [6.07, 6.45) is 0. The number of halogens is 2. The molecule has 0 unspecified atom stereocenters. The van der Waals surface area contributed by atoms with Gasteiger partial charge in [-0.2, -0.15) is 0 Å². The molecule has 11 heteroatoms. The minimum atomic E-state index is -0.310. The van der Waals surface area contributed by atoms with Gasteiger partial charge >= 0.3 is 7.12 Å². The molecule has 0 N–H and O–H groups in total. The third-order valence-corrected chi connectivity index (χ3v) is 32.1. The Morgan fingerprint density at radius 1 is 0.191 bits per heavy atom. The summed E-state index contributed by atoms with van der Waals surface area (Å²) in [5, 5.41) is 0.961. The van der Waals surface area contributed by atoms with Crippen molar-refractivity contribution in [3.05, 3.63) is 384 Å². The van der Waals surface area contributed by atoms with Crippen molar-refractivity contribution in [1.29, 1.82) is 0 Å². The number of nitrogens with zero attached hydrogens (tertiary/aromatic N) is 6. The van der Waals surface area contributed by atoms with E-state index in [0.29, 0.717) is 10.3 Å². The Hall–Kier alpha value is -12.3. The minimum Gasteiger partial charge on any atom is -0.399 e. The lowest BCUT2D eigenvalue weighted by Crippen LogP contribution is -2.41. The maximum absolute atomic E-state index is 6.23. The summed E-state index contributed by atoms with van der Waals surface area (Å²) in [6, 6.07) is 104. The molecule has 131 heavy (non-hydrogen) atoms. The quantitative estimate of drug-likeness (QED) is 0.124. The van der Waals surface area contributed by atoms with Gasteiger partial charge in [-0.15, -0.1) is 0 Å². The number of benzene rings is 10. The van der Waals surface area contributed by atoms with Crippen LogP contribution in [0.1, 0.15) is 227 Å². The summed E-state index contributed by atoms with van der Waals surface area (Å²) < 4.78 is 12.5. The molecule has 1 saturated heterocycles. The van der Waals surface area contributed by atoms with E-state index in [2.05, 4.69) is 409 Å². The van der Waals surface area contributed by atoms with Crippen LogP contribution in [-0.2, 0) is 52.6 Å². The molecule has 1 fully saturated rings. The lowest BCUT2D eigenvalue weighted by molar-refractivity contribution is 0.00578. The molecule has 0 atom stereocenters. The molecule has 8 nitrogen and oxygen atoms in total. The van der Waals surface area contributed by atoms with E-state index in [0.717, 1.165) is 95.8 Å². The zero-order valence-electron chi connectivity index (χ0n) is 78.5. The van der Waals surface area contributed by atoms with Crippen molar-refractivity contribution in [3.63, 3.8) is 0 Å². The van der Waals surface area contributed by atoms with Crippen LogP contribution in [0, 0.1) is 0 Å². The van der Waals surface area contributed by atoms with Gasteiger partial charge < -0.3 is 9.31 Å². The van der Waals surface area contributed by atoms with Gasteiger partial charge in [-0.25, -0.2) is 29.9 Å². The van der Waals surface area contributed by atoms with Gasteiger partial charge in [-0.1, -0.05) is 358 Å². The average Bonchev–Trinajstić information content (AvgIpc) is 1.70. The molecular weight excluding hydrogens is 1640 g/mol. The highest BCUT2D eigenvalue weighted by Crippen LogP contribution is 2.58. The first kappa shape index (κ1) is 84.2. The number of aromatic nitrogens is 6. The molecule has 0 radical (unpaired) electrons. The molecule has 0 saturated carbocycles. The van der Waals surface area contributed by atoms with Crippen LogP contribution in [0.3, 0.4) is 0 Å². The van der Waals surface area contributed by atoms with E-state index in [1.54, 1.807) is 0 Å². The predicted octanol–water partition coefficient (Wildman–Crippen LogP) is 29.8. The first-order valence-corrected chi connectivity index (χ1v) is 47.0. The Labute approximate surface area is 781 Å². The van der Waals surface area contributed by atoms with Gasteiger partial charge in [-0.05, 0) is 238 Å². The molecule has 0 amide bonds. The van der Waals surface area contributed by atoms with E-state index < -0.39 is 0 Å². The lowest BCUT2D eigenvalue weighted by Gasteiger charge is -2.32. The number of rotatable bonds is 5. The van der Waals surface area contributed by atoms with Crippen molar-refractivity contribution in [2.24, 2.45) is 0 Å². The maximum atomic E-state index is 6.23. The summed E-state index contributed by atoms with van der Waals surface area (Å²) in [5.74, 6) is 0. The van der Waals surface area contributed by atoms with Crippen LogP contribution in [0.15, 0.2) is 285 Å². The highest BCUT2D eigenvalue weighted by molar-refractivity contribution is 6.62. The van der Waals surface area contributed by atoms with Gasteiger partial charge in [0.25, 0.3) is 0 Å². The molecule has 6 aromatic heterocycles. The van der Waals surface area contributed by atoms with Crippen LogP contribution >= 0.6 is 23.2 Å². The maximum Gasteiger partial charge on any atom is 0.494 e. The largest absolute Gasteiger partial charge is 0.494 e. The van der Waals surface area contributed by atoms with E-state index in [1.165, 1.54) is 134 Å². The standard InChI is InChI=1S/2C43H36N2.C21H25BO2.C13H10Cl2N2/c2*1-41(2)31-13-9-7-11-27(31)29-17-15-25(23-35(29)41)37-21-19-33-39(44-37)40-34(43(33,5)6)20-22-38(45-40)26-16-18-30-28-12-8-10-14-32(28)42(3,4)36(30)24-26;1-19(2)17-10-8-7-9-15(17)16-12-11-14(13-18(16)19)22-23-20(3,4)21(5,6)24-22;1-13(2)7-3-5-9(14)16-11(7)12-8(13)4-6-10(15)17-12/h2*7-24H,1-6H3;7-13H,1-6H3;3-6H,1-2H3.